The molecule has 0 atom stereocenters. The molecular weight excluding hydrogens is 240 g/mol. The summed E-state index contributed by atoms with van der Waals surface area (Å²) in [7, 11) is 1.66. The molecular formula is C15H16N2O2. The van der Waals surface area contributed by atoms with Crippen molar-refractivity contribution in [2.75, 3.05) is 13.7 Å². The predicted molar refractivity (Wildman–Crippen MR) is 75.0 cm³/mol. The van der Waals surface area contributed by atoms with Gasteiger partial charge in [0.15, 0.2) is 0 Å². The van der Waals surface area contributed by atoms with E-state index < -0.39 is 0 Å². The zero-order valence-corrected chi connectivity index (χ0v) is 11.1. The van der Waals surface area contributed by atoms with Crippen molar-refractivity contribution in [1.29, 1.82) is 0 Å². The number of H-pyrrole nitrogens is 1. The molecule has 1 N–H and O–H groups in total. The van der Waals surface area contributed by atoms with E-state index in [2.05, 4.69) is 11.6 Å². The maximum Gasteiger partial charge on any atom is 0.223 e. The van der Waals surface area contributed by atoms with Gasteiger partial charge in [0.1, 0.15) is 5.75 Å². The summed E-state index contributed by atoms with van der Waals surface area (Å²) in [5.74, 6) is 0.876. The molecule has 1 aliphatic heterocycles. The van der Waals surface area contributed by atoms with Gasteiger partial charge in [-0.25, -0.2) is 0 Å². The molecule has 4 heteroatoms. The van der Waals surface area contributed by atoms with E-state index in [0.717, 1.165) is 34.5 Å². The molecule has 0 unspecified atom stereocenters. The Kier molecular flexibility index (Phi) is 2.59. The third-order valence-electron chi connectivity index (χ3n) is 3.69. The fourth-order valence-corrected chi connectivity index (χ4v) is 2.70. The smallest absolute Gasteiger partial charge is 0.223 e. The first kappa shape index (κ1) is 11.8. The first-order chi connectivity index (χ1) is 9.11. The molecule has 0 spiro atoms. The topological polar surface area (TPSA) is 45.3 Å². The second-order valence-corrected chi connectivity index (χ2v) is 4.76. The lowest BCUT2D eigenvalue weighted by Crippen LogP contribution is -2.32. The number of carbonyl (C=O) groups excluding carboxylic acids is 1. The van der Waals surface area contributed by atoms with Crippen molar-refractivity contribution in [1.82, 2.24) is 9.88 Å². The number of hydrogen-bond acceptors (Lipinski definition) is 2. The Morgan fingerprint density at radius 3 is 2.95 bits per heavy atom. The minimum absolute atomic E-state index is 0.0342. The molecule has 4 nitrogen and oxygen atoms in total. The second-order valence-electron chi connectivity index (χ2n) is 4.76. The zero-order chi connectivity index (χ0) is 13.6. The average molecular weight is 256 g/mol. The first-order valence-corrected chi connectivity index (χ1v) is 6.28. The van der Waals surface area contributed by atoms with Crippen molar-refractivity contribution in [3.63, 3.8) is 0 Å². The standard InChI is InChI=1S/C15H16N2O2/c1-9-15-12(6-7-17(9)10(2)18)13-8-11(19-3)4-5-14(13)16-15/h4-5,8,16H,1,6-7H2,2-3H3. The summed E-state index contributed by atoms with van der Waals surface area (Å²) in [6.07, 6.45) is 0.834. The third kappa shape index (κ3) is 1.71. The molecule has 0 radical (unpaired) electrons. The van der Waals surface area contributed by atoms with Crippen LogP contribution < -0.4 is 4.74 Å². The Labute approximate surface area is 111 Å². The molecule has 0 saturated heterocycles. The molecule has 2 aromatic rings. The fourth-order valence-electron chi connectivity index (χ4n) is 2.70. The van der Waals surface area contributed by atoms with Crippen LogP contribution in [-0.2, 0) is 11.2 Å². The van der Waals surface area contributed by atoms with Crippen molar-refractivity contribution < 1.29 is 9.53 Å². The lowest BCUT2D eigenvalue weighted by atomic mass is 10.0. The number of carbonyl (C=O) groups is 1. The van der Waals surface area contributed by atoms with E-state index in [1.54, 1.807) is 18.9 Å². The molecule has 0 aliphatic carbocycles. The second kappa shape index (κ2) is 4.16. The molecule has 98 valence electrons. The van der Waals surface area contributed by atoms with Crippen LogP contribution in [0.15, 0.2) is 24.8 Å². The van der Waals surface area contributed by atoms with Crippen molar-refractivity contribution in [3.05, 3.63) is 36.0 Å². The number of aromatic nitrogens is 1. The van der Waals surface area contributed by atoms with E-state index in [9.17, 15) is 4.79 Å². The molecule has 1 aromatic heterocycles. The average Bonchev–Trinajstić information content (AvgIpc) is 2.77. The monoisotopic (exact) mass is 256 g/mol. The number of methoxy groups -OCH3 is 1. The maximum atomic E-state index is 11.6. The first-order valence-electron chi connectivity index (χ1n) is 6.28. The highest BCUT2D eigenvalue weighted by atomic mass is 16.5. The van der Waals surface area contributed by atoms with Gasteiger partial charge in [-0.1, -0.05) is 6.58 Å². The zero-order valence-electron chi connectivity index (χ0n) is 11.1. The molecule has 2 heterocycles. The van der Waals surface area contributed by atoms with Crippen LogP contribution in [0, 0.1) is 0 Å². The SMILES string of the molecule is C=C1c2[nH]c3ccc(OC)cc3c2CCN1C(C)=O. The van der Waals surface area contributed by atoms with Gasteiger partial charge < -0.3 is 14.6 Å². The molecule has 1 amide bonds. The van der Waals surface area contributed by atoms with Crippen LogP contribution in [0.2, 0.25) is 0 Å². The summed E-state index contributed by atoms with van der Waals surface area (Å²) in [6.45, 7) is 6.30. The normalized spacial score (nSPS) is 14.6. The number of nitrogens with zero attached hydrogens (tertiary/aromatic N) is 1. The van der Waals surface area contributed by atoms with Gasteiger partial charge in [-0.05, 0) is 30.2 Å². The largest absolute Gasteiger partial charge is 0.497 e. The lowest BCUT2D eigenvalue weighted by molar-refractivity contribution is -0.125. The van der Waals surface area contributed by atoms with Crippen molar-refractivity contribution in [2.45, 2.75) is 13.3 Å². The molecule has 0 bridgehead atoms. The van der Waals surface area contributed by atoms with Gasteiger partial charge in [-0.3, -0.25) is 4.79 Å². The number of aromatic amines is 1. The summed E-state index contributed by atoms with van der Waals surface area (Å²) < 4.78 is 5.27. The number of nitrogens with one attached hydrogen (secondary N) is 1. The minimum Gasteiger partial charge on any atom is -0.497 e. The molecule has 1 aliphatic rings. The molecule has 1 aromatic carbocycles. The maximum absolute atomic E-state index is 11.6. The van der Waals surface area contributed by atoms with E-state index in [4.69, 9.17) is 4.74 Å². The van der Waals surface area contributed by atoms with Crippen LogP contribution in [0.5, 0.6) is 5.75 Å². The van der Waals surface area contributed by atoms with Gasteiger partial charge in [-0.15, -0.1) is 0 Å². The Morgan fingerprint density at radius 1 is 1.47 bits per heavy atom. The van der Waals surface area contributed by atoms with Gasteiger partial charge in [0, 0.05) is 24.4 Å². The highest BCUT2D eigenvalue weighted by Crippen LogP contribution is 2.34. The molecule has 3 rings (SSSR count). The molecule has 19 heavy (non-hydrogen) atoms. The van der Waals surface area contributed by atoms with E-state index in [0.29, 0.717) is 6.54 Å². The summed E-state index contributed by atoms with van der Waals surface area (Å²) in [5, 5.41) is 1.15. The fraction of sp³-hybridized carbons (Fsp3) is 0.267. The van der Waals surface area contributed by atoms with Gasteiger partial charge in [0.05, 0.1) is 18.5 Å². The van der Waals surface area contributed by atoms with E-state index in [1.807, 2.05) is 18.2 Å². The van der Waals surface area contributed by atoms with Crippen molar-refractivity contribution >= 4 is 22.5 Å². The molecule has 0 saturated carbocycles. The summed E-state index contributed by atoms with van der Waals surface area (Å²) >= 11 is 0. The van der Waals surface area contributed by atoms with Gasteiger partial charge in [-0.2, -0.15) is 0 Å². The van der Waals surface area contributed by atoms with Crippen LogP contribution in [-0.4, -0.2) is 29.4 Å². The van der Waals surface area contributed by atoms with Gasteiger partial charge in [0.2, 0.25) is 5.91 Å². The number of ether oxygens (including phenoxy) is 1. The van der Waals surface area contributed by atoms with E-state index in [1.165, 1.54) is 5.56 Å². The van der Waals surface area contributed by atoms with Crippen LogP contribution in [0.1, 0.15) is 18.2 Å². The van der Waals surface area contributed by atoms with E-state index in [-0.39, 0.29) is 5.91 Å². The Morgan fingerprint density at radius 2 is 2.26 bits per heavy atom. The van der Waals surface area contributed by atoms with Crippen LogP contribution in [0.3, 0.4) is 0 Å². The lowest BCUT2D eigenvalue weighted by Gasteiger charge is -2.28. The van der Waals surface area contributed by atoms with Crippen molar-refractivity contribution in [2.24, 2.45) is 0 Å². The quantitative estimate of drug-likeness (QED) is 0.852. The van der Waals surface area contributed by atoms with Crippen LogP contribution in [0.25, 0.3) is 16.6 Å². The van der Waals surface area contributed by atoms with E-state index >= 15 is 0 Å². The Bertz CT molecular complexity index is 685. The summed E-state index contributed by atoms with van der Waals surface area (Å²) in [4.78, 5) is 16.6. The highest BCUT2D eigenvalue weighted by Gasteiger charge is 2.25. The van der Waals surface area contributed by atoms with Gasteiger partial charge >= 0.3 is 0 Å². The van der Waals surface area contributed by atoms with Crippen LogP contribution in [0.4, 0.5) is 0 Å². The van der Waals surface area contributed by atoms with Crippen LogP contribution >= 0.6 is 0 Å². The highest BCUT2D eigenvalue weighted by molar-refractivity contribution is 5.94. The number of hydrogen-bond donors (Lipinski definition) is 1. The predicted octanol–water partition coefficient (Wildman–Crippen LogP) is 2.55. The number of fused-ring (bicyclic) bond motifs is 3. The number of amides is 1. The minimum atomic E-state index is 0.0342. The summed E-state index contributed by atoms with van der Waals surface area (Å²) in [5.41, 5.74) is 3.99. The number of benzene rings is 1. The summed E-state index contributed by atoms with van der Waals surface area (Å²) in [6, 6.07) is 5.95. The van der Waals surface area contributed by atoms with Gasteiger partial charge in [0.25, 0.3) is 0 Å². The number of rotatable bonds is 1. The molecule has 0 fully saturated rings. The van der Waals surface area contributed by atoms with Crippen molar-refractivity contribution in [3.8, 4) is 5.75 Å². The Balaban J connectivity index is 2.16. The third-order valence-corrected chi connectivity index (χ3v) is 3.69. The Hall–Kier alpha value is -2.23.